The van der Waals surface area contributed by atoms with E-state index in [4.69, 9.17) is 0 Å². The molecule has 2 aliphatic carbocycles. The summed E-state index contributed by atoms with van der Waals surface area (Å²) >= 11 is 0. The molecule has 2 aliphatic rings. The van der Waals surface area contributed by atoms with Crippen LogP contribution in [0.5, 0.6) is 0 Å². The molecule has 0 aliphatic heterocycles. The van der Waals surface area contributed by atoms with Crippen molar-refractivity contribution in [3.05, 3.63) is 125 Å². The van der Waals surface area contributed by atoms with Crippen molar-refractivity contribution < 1.29 is 28.9 Å². The molecule has 0 fully saturated rings. The smallest absolute Gasteiger partial charge is 0.131 e. The maximum atomic E-state index is 14.4. The van der Waals surface area contributed by atoms with E-state index in [0.29, 0.717) is 16.8 Å². The Balaban J connectivity index is 0.000000144. The molecular formula is C35H26F2IrN3-. The Morgan fingerprint density at radius 1 is 0.585 bits per heavy atom. The van der Waals surface area contributed by atoms with E-state index in [-0.39, 0.29) is 37.2 Å². The second-order valence-corrected chi connectivity index (χ2v) is 11.5. The van der Waals surface area contributed by atoms with Gasteiger partial charge in [0.05, 0.1) is 11.4 Å². The third kappa shape index (κ3) is 3.88. The molecule has 205 valence electrons. The number of aromatic nitrogens is 3. The van der Waals surface area contributed by atoms with E-state index in [1.165, 1.54) is 18.3 Å². The number of hydrogen-bond acceptors (Lipinski definition) is 3. The topological polar surface area (TPSA) is 38.7 Å². The van der Waals surface area contributed by atoms with Crippen molar-refractivity contribution in [1.29, 1.82) is 0 Å². The molecule has 6 aromatic rings. The molecule has 41 heavy (non-hydrogen) atoms. The first kappa shape index (κ1) is 27.3. The summed E-state index contributed by atoms with van der Waals surface area (Å²) in [6, 6.07) is 24.0. The molecule has 6 heteroatoms. The minimum Gasteiger partial charge on any atom is -0.304 e. The van der Waals surface area contributed by atoms with Gasteiger partial charge in [-0.15, -0.1) is 23.8 Å². The van der Waals surface area contributed by atoms with Gasteiger partial charge in [0.1, 0.15) is 5.82 Å². The van der Waals surface area contributed by atoms with Gasteiger partial charge in [0, 0.05) is 60.9 Å². The van der Waals surface area contributed by atoms with Gasteiger partial charge in [-0.05, 0) is 56.6 Å². The standard InChI is InChI=1S/C18H13FN.C17H13FN2.Ir/c1-18(2)13-7-3-5-11-9-10-20-17(15(11)13)12-6-4-8-14(19)16(12)18;1-17(2)11-5-3-4-10-6-8-19-15(13(10)11)16-14(17)12(18)7-9-20-16;/h3-5,7-10H,1-2H3;3-9H,1-2H3;/q-1;;. The van der Waals surface area contributed by atoms with Gasteiger partial charge in [0.15, 0.2) is 0 Å². The Labute approximate surface area is 251 Å². The molecule has 0 atom stereocenters. The van der Waals surface area contributed by atoms with Gasteiger partial charge < -0.3 is 4.98 Å². The zero-order chi connectivity index (χ0) is 27.8. The molecule has 0 saturated heterocycles. The second-order valence-electron chi connectivity index (χ2n) is 11.5. The summed E-state index contributed by atoms with van der Waals surface area (Å²) in [5.41, 5.74) is 5.85. The molecule has 3 aromatic carbocycles. The number of pyridine rings is 3. The summed E-state index contributed by atoms with van der Waals surface area (Å²) in [6.07, 6.45) is 5.05. The van der Waals surface area contributed by atoms with Gasteiger partial charge in [-0.2, -0.15) is 0 Å². The van der Waals surface area contributed by atoms with Crippen LogP contribution in [0, 0.1) is 17.7 Å². The van der Waals surface area contributed by atoms with E-state index in [2.05, 4.69) is 59.1 Å². The van der Waals surface area contributed by atoms with Crippen LogP contribution in [0.2, 0.25) is 0 Å². The minimum atomic E-state index is -0.413. The average molecular weight is 719 g/mol. The largest absolute Gasteiger partial charge is 0.304 e. The molecule has 0 amide bonds. The Morgan fingerprint density at radius 3 is 1.76 bits per heavy atom. The van der Waals surface area contributed by atoms with E-state index >= 15 is 0 Å². The Bertz CT molecular complexity index is 1840. The summed E-state index contributed by atoms with van der Waals surface area (Å²) in [5, 5.41) is 4.47. The van der Waals surface area contributed by atoms with Crippen molar-refractivity contribution in [3.8, 4) is 22.6 Å². The second kappa shape index (κ2) is 9.61. The average Bonchev–Trinajstić information content (AvgIpc) is 2.94. The third-order valence-electron chi connectivity index (χ3n) is 8.49. The zero-order valence-corrected chi connectivity index (χ0v) is 25.4. The van der Waals surface area contributed by atoms with Crippen LogP contribution in [0.15, 0.2) is 85.3 Å². The summed E-state index contributed by atoms with van der Waals surface area (Å²) in [4.78, 5) is 13.3. The van der Waals surface area contributed by atoms with Crippen molar-refractivity contribution in [3.63, 3.8) is 0 Å². The van der Waals surface area contributed by atoms with Gasteiger partial charge in [0.25, 0.3) is 0 Å². The fraction of sp³-hybridized carbons (Fsp3) is 0.171. The van der Waals surface area contributed by atoms with Crippen molar-refractivity contribution in [2.24, 2.45) is 0 Å². The Kier molecular flexibility index (Phi) is 6.40. The molecule has 0 unspecified atom stereocenters. The molecule has 0 spiro atoms. The van der Waals surface area contributed by atoms with Crippen molar-refractivity contribution >= 4 is 21.5 Å². The van der Waals surface area contributed by atoms with Crippen LogP contribution in [0.4, 0.5) is 8.78 Å². The van der Waals surface area contributed by atoms with E-state index in [0.717, 1.165) is 49.6 Å². The fourth-order valence-corrected chi connectivity index (χ4v) is 6.62. The maximum Gasteiger partial charge on any atom is 0.131 e. The first-order chi connectivity index (χ1) is 19.2. The van der Waals surface area contributed by atoms with Crippen LogP contribution >= 0.6 is 0 Å². The summed E-state index contributed by atoms with van der Waals surface area (Å²) in [5.74, 6) is -0.398. The Morgan fingerprint density at radius 2 is 1.10 bits per heavy atom. The zero-order valence-electron chi connectivity index (χ0n) is 23.0. The van der Waals surface area contributed by atoms with Crippen LogP contribution in [0.3, 0.4) is 0 Å². The van der Waals surface area contributed by atoms with Crippen LogP contribution in [0.25, 0.3) is 44.2 Å². The van der Waals surface area contributed by atoms with E-state index in [1.54, 1.807) is 18.5 Å². The molecule has 8 rings (SSSR count). The maximum absolute atomic E-state index is 14.4. The van der Waals surface area contributed by atoms with Gasteiger partial charge in [-0.3, -0.25) is 9.97 Å². The van der Waals surface area contributed by atoms with Crippen LogP contribution < -0.4 is 0 Å². The third-order valence-corrected chi connectivity index (χ3v) is 8.49. The minimum absolute atomic E-state index is 0. The summed E-state index contributed by atoms with van der Waals surface area (Å²) < 4.78 is 28.8. The fourth-order valence-electron chi connectivity index (χ4n) is 6.62. The van der Waals surface area contributed by atoms with Gasteiger partial charge in [-0.1, -0.05) is 69.7 Å². The number of nitrogens with zero attached hydrogens (tertiary/aromatic N) is 3. The normalized spacial score (nSPS) is 14.8. The first-order valence-electron chi connectivity index (χ1n) is 13.3. The monoisotopic (exact) mass is 719 g/mol. The first-order valence-corrected chi connectivity index (χ1v) is 13.3. The SMILES string of the molecule is CC1(C)c2c(F)ccnc2-c2nccc3cccc1c23.CC1(C)c2c([c-]ccc2F)-c2nccc3cccc1c23.[Ir]. The predicted octanol–water partition coefficient (Wildman–Crippen LogP) is 8.55. The molecule has 0 N–H and O–H groups in total. The van der Waals surface area contributed by atoms with Crippen LogP contribution in [-0.2, 0) is 30.9 Å². The molecular weight excluding hydrogens is 693 g/mol. The summed E-state index contributed by atoms with van der Waals surface area (Å²) in [7, 11) is 0. The van der Waals surface area contributed by atoms with E-state index < -0.39 is 5.41 Å². The van der Waals surface area contributed by atoms with Gasteiger partial charge >= 0.3 is 0 Å². The molecule has 3 aromatic heterocycles. The van der Waals surface area contributed by atoms with Crippen LogP contribution in [-0.4, -0.2) is 15.0 Å². The quantitative estimate of drug-likeness (QED) is 0.148. The number of fused-ring (bicyclic) bond motifs is 4. The van der Waals surface area contributed by atoms with E-state index in [9.17, 15) is 8.78 Å². The van der Waals surface area contributed by atoms with Crippen molar-refractivity contribution in [1.82, 2.24) is 15.0 Å². The van der Waals surface area contributed by atoms with E-state index in [1.807, 2.05) is 38.1 Å². The van der Waals surface area contributed by atoms with Crippen LogP contribution in [0.1, 0.15) is 49.9 Å². The summed E-state index contributed by atoms with van der Waals surface area (Å²) in [6.45, 7) is 8.21. The van der Waals surface area contributed by atoms with Gasteiger partial charge in [-0.25, -0.2) is 8.78 Å². The van der Waals surface area contributed by atoms with Crippen molar-refractivity contribution in [2.45, 2.75) is 38.5 Å². The number of halogens is 2. The molecule has 1 radical (unpaired) electrons. The Hall–Kier alpha value is -3.86. The number of benzene rings is 3. The molecule has 0 saturated carbocycles. The molecule has 3 heterocycles. The van der Waals surface area contributed by atoms with Gasteiger partial charge in [0.2, 0.25) is 0 Å². The van der Waals surface area contributed by atoms with Crippen molar-refractivity contribution in [2.75, 3.05) is 0 Å². The molecule has 3 nitrogen and oxygen atoms in total. The predicted molar refractivity (Wildman–Crippen MR) is 155 cm³/mol. The molecule has 0 bridgehead atoms. The number of hydrogen-bond donors (Lipinski definition) is 0. The number of rotatable bonds is 0.